The van der Waals surface area contributed by atoms with Gasteiger partial charge in [-0.2, -0.15) is 0 Å². The third kappa shape index (κ3) is 2.77. The number of benzene rings is 1. The predicted octanol–water partition coefficient (Wildman–Crippen LogP) is 4.20. The Morgan fingerprint density at radius 3 is 2.65 bits per heavy atom. The van der Waals surface area contributed by atoms with E-state index in [4.69, 9.17) is 11.6 Å². The molecule has 0 saturated heterocycles. The number of halogens is 1. The van der Waals surface area contributed by atoms with Crippen molar-refractivity contribution < 1.29 is 0 Å². The Labute approximate surface area is 107 Å². The van der Waals surface area contributed by atoms with Crippen LogP contribution in [0.2, 0.25) is 5.02 Å². The molecule has 0 amide bonds. The van der Waals surface area contributed by atoms with Gasteiger partial charge in [0.05, 0.1) is 5.02 Å². The van der Waals surface area contributed by atoms with Gasteiger partial charge in [0.1, 0.15) is 5.82 Å². The monoisotopic (exact) mass is 246 g/mol. The zero-order chi connectivity index (χ0) is 12.3. The van der Waals surface area contributed by atoms with Crippen molar-refractivity contribution in [2.24, 2.45) is 0 Å². The summed E-state index contributed by atoms with van der Waals surface area (Å²) in [6.45, 7) is 5.07. The van der Waals surface area contributed by atoms with E-state index in [-0.39, 0.29) is 0 Å². The molecule has 3 heteroatoms. The van der Waals surface area contributed by atoms with Crippen molar-refractivity contribution in [1.29, 1.82) is 0 Å². The van der Waals surface area contributed by atoms with Crippen LogP contribution in [0, 0.1) is 6.92 Å². The molecule has 0 N–H and O–H groups in total. The van der Waals surface area contributed by atoms with E-state index in [9.17, 15) is 0 Å². The summed E-state index contributed by atoms with van der Waals surface area (Å²) in [4.78, 5) is 6.51. The van der Waals surface area contributed by atoms with Gasteiger partial charge < -0.3 is 4.90 Å². The van der Waals surface area contributed by atoms with E-state index < -0.39 is 0 Å². The van der Waals surface area contributed by atoms with Crippen molar-refractivity contribution in [3.8, 4) is 0 Å². The van der Waals surface area contributed by atoms with Gasteiger partial charge in [0.25, 0.3) is 0 Å². The summed E-state index contributed by atoms with van der Waals surface area (Å²) in [6.07, 6.45) is 1.68. The molecule has 2 nitrogen and oxygen atoms in total. The van der Waals surface area contributed by atoms with Gasteiger partial charge in [0.15, 0.2) is 0 Å². The van der Waals surface area contributed by atoms with Crippen molar-refractivity contribution in [2.75, 3.05) is 11.4 Å². The van der Waals surface area contributed by atoms with Gasteiger partial charge in [0, 0.05) is 18.4 Å². The first kappa shape index (κ1) is 11.9. The molecule has 0 unspecified atom stereocenters. The summed E-state index contributed by atoms with van der Waals surface area (Å²) in [7, 11) is 0. The molecule has 2 rings (SSSR count). The lowest BCUT2D eigenvalue weighted by Crippen LogP contribution is -2.17. The Hall–Kier alpha value is -1.54. The number of aryl methyl sites for hydroxylation is 1. The van der Waals surface area contributed by atoms with E-state index in [1.165, 1.54) is 5.56 Å². The van der Waals surface area contributed by atoms with Crippen LogP contribution in [0.4, 0.5) is 11.5 Å². The smallest absolute Gasteiger partial charge is 0.133 e. The summed E-state index contributed by atoms with van der Waals surface area (Å²) in [5.74, 6) is 0.919. The summed E-state index contributed by atoms with van der Waals surface area (Å²) in [5, 5.41) is 0.661. The molecule has 0 aliphatic rings. The summed E-state index contributed by atoms with van der Waals surface area (Å²) in [5.41, 5.74) is 2.40. The highest BCUT2D eigenvalue weighted by Gasteiger charge is 2.08. The van der Waals surface area contributed by atoms with Crippen molar-refractivity contribution in [2.45, 2.75) is 13.8 Å². The minimum Gasteiger partial charge on any atom is -0.327 e. The van der Waals surface area contributed by atoms with Crippen LogP contribution in [0.5, 0.6) is 0 Å². The van der Waals surface area contributed by atoms with Crippen molar-refractivity contribution in [1.82, 2.24) is 4.98 Å². The van der Waals surface area contributed by atoms with Gasteiger partial charge >= 0.3 is 0 Å². The van der Waals surface area contributed by atoms with Gasteiger partial charge in [-0.05, 0) is 43.7 Å². The second-order valence-electron chi connectivity index (χ2n) is 3.92. The zero-order valence-corrected chi connectivity index (χ0v) is 10.8. The largest absolute Gasteiger partial charge is 0.327 e. The first-order chi connectivity index (χ1) is 8.20. The number of hydrogen-bond donors (Lipinski definition) is 0. The molecule has 2 aromatic rings. The van der Waals surface area contributed by atoms with E-state index in [0.29, 0.717) is 5.02 Å². The minimum atomic E-state index is 0.661. The maximum absolute atomic E-state index is 5.85. The molecule has 0 aliphatic heterocycles. The van der Waals surface area contributed by atoms with Gasteiger partial charge in [-0.1, -0.05) is 23.7 Å². The molecule has 17 heavy (non-hydrogen) atoms. The second-order valence-corrected chi connectivity index (χ2v) is 4.35. The highest BCUT2D eigenvalue weighted by atomic mass is 35.5. The summed E-state index contributed by atoms with van der Waals surface area (Å²) in [6, 6.07) is 12.2. The Morgan fingerprint density at radius 2 is 2.06 bits per heavy atom. The lowest BCUT2D eigenvalue weighted by Gasteiger charge is -2.22. The third-order valence-electron chi connectivity index (χ3n) is 2.62. The molecule has 0 bridgehead atoms. The molecule has 0 atom stereocenters. The number of aromatic nitrogens is 1. The molecule has 1 heterocycles. The molecular formula is C14H15ClN2. The Balaban J connectivity index is 2.36. The molecule has 1 aromatic heterocycles. The Bertz CT molecular complexity index is 494. The molecular weight excluding hydrogens is 232 g/mol. The lowest BCUT2D eigenvalue weighted by molar-refractivity contribution is 0.988. The summed E-state index contributed by atoms with van der Waals surface area (Å²) >= 11 is 5.85. The van der Waals surface area contributed by atoms with Crippen LogP contribution < -0.4 is 4.90 Å². The Morgan fingerprint density at radius 1 is 1.24 bits per heavy atom. The van der Waals surface area contributed by atoms with Gasteiger partial charge in [-0.3, -0.25) is 0 Å². The van der Waals surface area contributed by atoms with Crippen LogP contribution >= 0.6 is 11.6 Å². The number of hydrogen-bond acceptors (Lipinski definition) is 2. The quantitative estimate of drug-likeness (QED) is 0.807. The molecule has 0 fully saturated rings. The minimum absolute atomic E-state index is 0.661. The Kier molecular flexibility index (Phi) is 3.64. The maximum atomic E-state index is 5.85. The number of rotatable bonds is 3. The van der Waals surface area contributed by atoms with Gasteiger partial charge in [-0.25, -0.2) is 4.98 Å². The topological polar surface area (TPSA) is 16.1 Å². The maximum Gasteiger partial charge on any atom is 0.133 e. The van der Waals surface area contributed by atoms with Gasteiger partial charge in [-0.15, -0.1) is 0 Å². The van der Waals surface area contributed by atoms with E-state index in [1.54, 1.807) is 6.20 Å². The predicted molar refractivity (Wildman–Crippen MR) is 73.1 cm³/mol. The van der Waals surface area contributed by atoms with E-state index >= 15 is 0 Å². The zero-order valence-electron chi connectivity index (χ0n) is 10.0. The van der Waals surface area contributed by atoms with Crippen molar-refractivity contribution in [3.63, 3.8) is 0 Å². The van der Waals surface area contributed by atoms with Crippen LogP contribution in [0.3, 0.4) is 0 Å². The van der Waals surface area contributed by atoms with Crippen molar-refractivity contribution in [3.05, 3.63) is 53.2 Å². The van der Waals surface area contributed by atoms with Crippen LogP contribution in [-0.2, 0) is 0 Å². The molecule has 1 aromatic carbocycles. The fourth-order valence-corrected chi connectivity index (χ4v) is 1.91. The number of nitrogens with zero attached hydrogens (tertiary/aromatic N) is 2. The molecule has 0 aliphatic carbocycles. The standard InChI is InChI=1S/C14H15ClN2/c1-3-17(13-6-4-5-11(2)9-13)14-8-7-12(15)10-16-14/h4-10H,3H2,1-2H3. The fraction of sp³-hybridized carbons (Fsp3) is 0.214. The fourth-order valence-electron chi connectivity index (χ4n) is 1.80. The molecule has 0 spiro atoms. The normalized spacial score (nSPS) is 10.3. The first-order valence-corrected chi connectivity index (χ1v) is 6.04. The highest BCUT2D eigenvalue weighted by Crippen LogP contribution is 2.24. The lowest BCUT2D eigenvalue weighted by atomic mass is 10.2. The molecule has 0 saturated carbocycles. The number of anilines is 2. The third-order valence-corrected chi connectivity index (χ3v) is 2.84. The van der Waals surface area contributed by atoms with Crippen LogP contribution in [0.15, 0.2) is 42.6 Å². The second kappa shape index (κ2) is 5.19. The van der Waals surface area contributed by atoms with Crippen molar-refractivity contribution >= 4 is 23.1 Å². The van der Waals surface area contributed by atoms with E-state index in [2.05, 4.69) is 48.0 Å². The van der Waals surface area contributed by atoms with E-state index in [1.807, 2.05) is 12.1 Å². The average Bonchev–Trinajstić information content (AvgIpc) is 2.33. The SMILES string of the molecule is CCN(c1cccc(C)c1)c1ccc(Cl)cn1. The average molecular weight is 247 g/mol. The van der Waals surface area contributed by atoms with Crippen LogP contribution in [-0.4, -0.2) is 11.5 Å². The summed E-state index contributed by atoms with van der Waals surface area (Å²) < 4.78 is 0. The molecule has 0 radical (unpaired) electrons. The van der Waals surface area contributed by atoms with Crippen LogP contribution in [0.1, 0.15) is 12.5 Å². The number of pyridine rings is 1. The first-order valence-electron chi connectivity index (χ1n) is 5.66. The van der Waals surface area contributed by atoms with Crippen LogP contribution in [0.25, 0.3) is 0 Å². The highest BCUT2D eigenvalue weighted by molar-refractivity contribution is 6.30. The van der Waals surface area contributed by atoms with Gasteiger partial charge in [0.2, 0.25) is 0 Å². The molecule has 88 valence electrons. The van der Waals surface area contributed by atoms with E-state index in [0.717, 1.165) is 18.1 Å².